The number of pyridine rings is 1. The molecule has 6 N–H and O–H groups in total. The third-order valence-electron chi connectivity index (χ3n) is 2.45. The molecule has 7 heteroatoms. The number of hydrogen-bond acceptors (Lipinski definition) is 6. The van der Waals surface area contributed by atoms with Gasteiger partial charge in [0.25, 0.3) is 0 Å². The SMILES string of the molecule is Cc1ncc(CO)c(C(O)C(N)C(=O)O)c1O. The fraction of sp³-hybridized carbons (Fsp3) is 0.400. The fourth-order valence-corrected chi connectivity index (χ4v) is 1.42. The van der Waals surface area contributed by atoms with Crippen LogP contribution in [-0.4, -0.2) is 37.4 Å². The van der Waals surface area contributed by atoms with Gasteiger partial charge in [-0.3, -0.25) is 9.78 Å². The Morgan fingerprint density at radius 3 is 2.65 bits per heavy atom. The molecule has 7 nitrogen and oxygen atoms in total. The summed E-state index contributed by atoms with van der Waals surface area (Å²) < 4.78 is 0. The van der Waals surface area contributed by atoms with Gasteiger partial charge in [0.2, 0.25) is 0 Å². The van der Waals surface area contributed by atoms with Gasteiger partial charge in [0.15, 0.2) is 0 Å². The molecule has 0 aliphatic heterocycles. The maximum Gasteiger partial charge on any atom is 0.323 e. The van der Waals surface area contributed by atoms with Crippen LogP contribution in [-0.2, 0) is 11.4 Å². The second-order valence-corrected chi connectivity index (χ2v) is 3.60. The minimum atomic E-state index is -1.61. The molecule has 0 spiro atoms. The van der Waals surface area contributed by atoms with Crippen molar-refractivity contribution in [2.45, 2.75) is 25.7 Å². The molecule has 0 bridgehead atoms. The highest BCUT2D eigenvalue weighted by Gasteiger charge is 2.28. The van der Waals surface area contributed by atoms with E-state index in [4.69, 9.17) is 15.9 Å². The summed E-state index contributed by atoms with van der Waals surface area (Å²) in [5.41, 5.74) is 5.52. The van der Waals surface area contributed by atoms with Gasteiger partial charge in [-0.1, -0.05) is 0 Å². The molecule has 2 unspecified atom stereocenters. The van der Waals surface area contributed by atoms with Gasteiger partial charge in [0.05, 0.1) is 12.3 Å². The van der Waals surface area contributed by atoms with Gasteiger partial charge in [-0.15, -0.1) is 0 Å². The van der Waals surface area contributed by atoms with Crippen LogP contribution in [0.5, 0.6) is 5.75 Å². The number of hydrogen-bond donors (Lipinski definition) is 5. The number of aliphatic carboxylic acids is 1. The number of aliphatic hydroxyl groups excluding tert-OH is 2. The molecule has 0 saturated heterocycles. The van der Waals surface area contributed by atoms with Crippen molar-refractivity contribution in [2.24, 2.45) is 5.73 Å². The monoisotopic (exact) mass is 242 g/mol. The molecule has 17 heavy (non-hydrogen) atoms. The van der Waals surface area contributed by atoms with E-state index in [0.29, 0.717) is 0 Å². The number of nitrogens with zero attached hydrogens (tertiary/aromatic N) is 1. The van der Waals surface area contributed by atoms with Crippen molar-refractivity contribution in [3.8, 4) is 5.75 Å². The Bertz CT molecular complexity index is 435. The van der Waals surface area contributed by atoms with Crippen LogP contribution in [0.1, 0.15) is 22.9 Å². The van der Waals surface area contributed by atoms with Crippen molar-refractivity contribution in [2.75, 3.05) is 0 Å². The molecule has 0 amide bonds. The first-order chi connectivity index (χ1) is 7.90. The largest absolute Gasteiger partial charge is 0.506 e. The molecule has 1 aromatic heterocycles. The number of aromatic nitrogens is 1. The highest BCUT2D eigenvalue weighted by Crippen LogP contribution is 2.31. The molecule has 1 heterocycles. The number of rotatable bonds is 4. The Morgan fingerprint density at radius 1 is 1.59 bits per heavy atom. The summed E-state index contributed by atoms with van der Waals surface area (Å²) in [5, 5.41) is 37.2. The molecule has 94 valence electrons. The molecule has 0 saturated carbocycles. The van der Waals surface area contributed by atoms with Crippen LogP contribution in [0.4, 0.5) is 0 Å². The zero-order valence-corrected chi connectivity index (χ0v) is 9.16. The van der Waals surface area contributed by atoms with E-state index in [1.54, 1.807) is 0 Å². The van der Waals surface area contributed by atoms with Crippen molar-refractivity contribution in [1.29, 1.82) is 0 Å². The highest BCUT2D eigenvalue weighted by molar-refractivity contribution is 5.74. The van der Waals surface area contributed by atoms with Crippen LogP contribution in [0.25, 0.3) is 0 Å². The third kappa shape index (κ3) is 2.52. The number of aliphatic hydroxyl groups is 2. The van der Waals surface area contributed by atoms with Crippen molar-refractivity contribution in [1.82, 2.24) is 4.98 Å². The summed E-state index contributed by atoms with van der Waals surface area (Å²) in [4.78, 5) is 14.5. The molecular weight excluding hydrogens is 228 g/mol. The average molecular weight is 242 g/mol. The van der Waals surface area contributed by atoms with Gasteiger partial charge >= 0.3 is 5.97 Å². The quantitative estimate of drug-likeness (QED) is 0.458. The van der Waals surface area contributed by atoms with Crippen LogP contribution in [0.15, 0.2) is 6.20 Å². The number of aryl methyl sites for hydroxylation is 1. The maximum atomic E-state index is 10.7. The predicted molar refractivity (Wildman–Crippen MR) is 57.1 cm³/mol. The van der Waals surface area contributed by atoms with E-state index >= 15 is 0 Å². The smallest absolute Gasteiger partial charge is 0.323 e. The van der Waals surface area contributed by atoms with E-state index in [1.807, 2.05) is 0 Å². The lowest BCUT2D eigenvalue weighted by molar-refractivity contribution is -0.141. The Balaban J connectivity index is 3.28. The van der Waals surface area contributed by atoms with Gasteiger partial charge < -0.3 is 26.2 Å². The lowest BCUT2D eigenvalue weighted by atomic mass is 9.97. The van der Waals surface area contributed by atoms with Crippen LogP contribution in [0, 0.1) is 6.92 Å². The molecule has 1 rings (SSSR count). The van der Waals surface area contributed by atoms with Crippen LogP contribution >= 0.6 is 0 Å². The number of nitrogens with two attached hydrogens (primary N) is 1. The molecule has 0 aromatic carbocycles. The molecule has 0 aliphatic carbocycles. The Hall–Kier alpha value is -1.70. The summed E-state index contributed by atoms with van der Waals surface area (Å²) in [6.07, 6.45) is -0.362. The first-order valence-electron chi connectivity index (χ1n) is 4.84. The zero-order valence-electron chi connectivity index (χ0n) is 9.16. The van der Waals surface area contributed by atoms with Crippen molar-refractivity contribution in [3.63, 3.8) is 0 Å². The van der Waals surface area contributed by atoms with Crippen molar-refractivity contribution in [3.05, 3.63) is 23.0 Å². The molecule has 1 aromatic rings. The molecule has 0 aliphatic rings. The summed E-state index contributed by atoms with van der Waals surface area (Å²) in [5.74, 6) is -1.77. The topological polar surface area (TPSA) is 137 Å². The van der Waals surface area contributed by atoms with E-state index < -0.39 is 24.7 Å². The third-order valence-corrected chi connectivity index (χ3v) is 2.45. The van der Waals surface area contributed by atoms with E-state index in [1.165, 1.54) is 13.1 Å². The second-order valence-electron chi connectivity index (χ2n) is 3.60. The fourth-order valence-electron chi connectivity index (χ4n) is 1.42. The normalized spacial score (nSPS) is 14.4. The van der Waals surface area contributed by atoms with Crippen LogP contribution < -0.4 is 5.73 Å². The van der Waals surface area contributed by atoms with Gasteiger partial charge in [-0.25, -0.2) is 0 Å². The van der Waals surface area contributed by atoms with E-state index in [0.717, 1.165) is 0 Å². The van der Waals surface area contributed by atoms with E-state index in [9.17, 15) is 15.0 Å². The Labute approximate surface area is 97.2 Å². The minimum Gasteiger partial charge on any atom is -0.506 e. The van der Waals surface area contributed by atoms with Crippen molar-refractivity contribution >= 4 is 5.97 Å². The van der Waals surface area contributed by atoms with Crippen molar-refractivity contribution < 1.29 is 25.2 Å². The number of aromatic hydroxyl groups is 1. The first-order valence-corrected chi connectivity index (χ1v) is 4.84. The number of carbonyl (C=O) groups is 1. The molecule has 0 fully saturated rings. The zero-order chi connectivity index (χ0) is 13.2. The number of carboxylic acid groups (broad SMARTS) is 1. The second kappa shape index (κ2) is 5.09. The maximum absolute atomic E-state index is 10.7. The van der Waals surface area contributed by atoms with E-state index in [2.05, 4.69) is 4.98 Å². The van der Waals surface area contributed by atoms with Gasteiger partial charge in [0, 0.05) is 17.3 Å². The Morgan fingerprint density at radius 2 is 2.18 bits per heavy atom. The summed E-state index contributed by atoms with van der Waals surface area (Å²) in [6.45, 7) is 0.999. The standard InChI is InChI=1S/C10H14N2O5/c1-4-8(14)6(5(3-13)2-12-4)9(15)7(11)10(16)17/h2,7,9,13-15H,3,11H2,1H3,(H,16,17). The number of carboxylic acids is 1. The summed E-state index contributed by atoms with van der Waals surface area (Å²) in [6, 6.07) is -1.59. The van der Waals surface area contributed by atoms with Crippen LogP contribution in [0.3, 0.4) is 0 Å². The first kappa shape index (κ1) is 13.4. The lowest BCUT2D eigenvalue weighted by Crippen LogP contribution is -2.37. The minimum absolute atomic E-state index is 0.102. The van der Waals surface area contributed by atoms with Gasteiger partial charge in [-0.2, -0.15) is 0 Å². The summed E-state index contributed by atoms with van der Waals surface area (Å²) in [7, 11) is 0. The molecule has 0 radical (unpaired) electrons. The van der Waals surface area contributed by atoms with Gasteiger partial charge in [-0.05, 0) is 6.92 Å². The molecule has 2 atom stereocenters. The summed E-state index contributed by atoms with van der Waals surface area (Å²) >= 11 is 0. The van der Waals surface area contributed by atoms with Crippen LogP contribution in [0.2, 0.25) is 0 Å². The van der Waals surface area contributed by atoms with Gasteiger partial charge in [0.1, 0.15) is 17.9 Å². The average Bonchev–Trinajstić information content (AvgIpc) is 2.30. The van der Waals surface area contributed by atoms with E-state index in [-0.39, 0.29) is 22.6 Å². The molecular formula is C10H14N2O5. The lowest BCUT2D eigenvalue weighted by Gasteiger charge is -2.19. The predicted octanol–water partition coefficient (Wildman–Crippen LogP) is -0.967. The highest BCUT2D eigenvalue weighted by atomic mass is 16.4. The Kier molecular flexibility index (Phi) is 4.00.